The number of nitrogens with zero attached hydrogens (tertiary/aromatic N) is 4. The second-order valence-corrected chi connectivity index (χ2v) is 7.18. The zero-order valence-corrected chi connectivity index (χ0v) is 16.8. The van der Waals surface area contributed by atoms with Crippen LogP contribution >= 0.6 is 0 Å². The van der Waals surface area contributed by atoms with Crippen LogP contribution in [0.1, 0.15) is 13.3 Å². The van der Waals surface area contributed by atoms with Gasteiger partial charge in [0, 0.05) is 31.1 Å². The molecule has 29 heavy (non-hydrogen) atoms. The molecule has 10 heteroatoms. The molecule has 1 aromatic heterocycles. The summed E-state index contributed by atoms with van der Waals surface area (Å²) in [6, 6.07) is 3.47. The molecule has 0 aliphatic carbocycles. The number of halogens is 3. The number of nitrogens with two attached hydrogens (primary N) is 1. The topological polar surface area (TPSA) is 76.7 Å². The van der Waals surface area contributed by atoms with E-state index in [1.165, 1.54) is 12.0 Å². The SMILES string of the molecule is CCN(CC1CCN(c2nc(N)c3cc(OC)c(OC)cc3n2)C1)CC(F)(F)F. The van der Waals surface area contributed by atoms with E-state index in [0.29, 0.717) is 60.3 Å². The van der Waals surface area contributed by atoms with E-state index >= 15 is 0 Å². The molecule has 2 N–H and O–H groups in total. The second kappa shape index (κ2) is 8.48. The van der Waals surface area contributed by atoms with Gasteiger partial charge >= 0.3 is 6.18 Å². The van der Waals surface area contributed by atoms with Crippen molar-refractivity contribution in [1.82, 2.24) is 14.9 Å². The first kappa shape index (κ1) is 21.2. The fourth-order valence-electron chi connectivity index (χ4n) is 3.70. The molecule has 2 heterocycles. The highest BCUT2D eigenvalue weighted by molar-refractivity contribution is 5.91. The predicted octanol–water partition coefficient (Wildman–Crippen LogP) is 2.94. The van der Waals surface area contributed by atoms with Gasteiger partial charge in [0.1, 0.15) is 5.82 Å². The van der Waals surface area contributed by atoms with Gasteiger partial charge in [-0.2, -0.15) is 18.2 Å². The third kappa shape index (κ3) is 4.92. The number of ether oxygens (including phenoxy) is 2. The van der Waals surface area contributed by atoms with Gasteiger partial charge in [-0.05, 0) is 24.9 Å². The molecule has 0 amide bonds. The maximum atomic E-state index is 12.7. The summed E-state index contributed by atoms with van der Waals surface area (Å²) < 4.78 is 48.8. The molecule has 1 aromatic carbocycles. The van der Waals surface area contributed by atoms with Gasteiger partial charge in [0.25, 0.3) is 0 Å². The quantitative estimate of drug-likeness (QED) is 0.748. The first-order chi connectivity index (χ1) is 13.7. The highest BCUT2D eigenvalue weighted by Gasteiger charge is 2.33. The molecular weight excluding hydrogens is 387 g/mol. The highest BCUT2D eigenvalue weighted by atomic mass is 19.4. The molecule has 0 saturated carbocycles. The lowest BCUT2D eigenvalue weighted by Crippen LogP contribution is -2.38. The van der Waals surface area contributed by atoms with E-state index in [9.17, 15) is 13.2 Å². The number of anilines is 2. The van der Waals surface area contributed by atoms with Gasteiger partial charge in [0.2, 0.25) is 5.95 Å². The molecule has 1 aliphatic heterocycles. The lowest BCUT2D eigenvalue weighted by molar-refractivity contribution is -0.146. The average molecular weight is 413 g/mol. The van der Waals surface area contributed by atoms with Crippen LogP contribution in [0.2, 0.25) is 0 Å². The minimum Gasteiger partial charge on any atom is -0.493 e. The van der Waals surface area contributed by atoms with Crippen molar-refractivity contribution in [2.24, 2.45) is 5.92 Å². The number of benzene rings is 1. The van der Waals surface area contributed by atoms with Crippen LogP contribution in [0.25, 0.3) is 10.9 Å². The molecule has 1 aliphatic rings. The average Bonchev–Trinajstić information content (AvgIpc) is 3.13. The second-order valence-electron chi connectivity index (χ2n) is 7.18. The van der Waals surface area contributed by atoms with Crippen LogP contribution in [0.5, 0.6) is 11.5 Å². The molecule has 3 rings (SSSR count). The van der Waals surface area contributed by atoms with Gasteiger partial charge < -0.3 is 20.1 Å². The number of alkyl halides is 3. The van der Waals surface area contributed by atoms with Crippen molar-refractivity contribution < 1.29 is 22.6 Å². The smallest absolute Gasteiger partial charge is 0.401 e. The maximum absolute atomic E-state index is 12.7. The van der Waals surface area contributed by atoms with Gasteiger partial charge in [-0.3, -0.25) is 4.90 Å². The number of aromatic nitrogens is 2. The summed E-state index contributed by atoms with van der Waals surface area (Å²) in [4.78, 5) is 12.4. The Morgan fingerprint density at radius 2 is 1.90 bits per heavy atom. The highest BCUT2D eigenvalue weighted by Crippen LogP contribution is 2.34. The first-order valence-electron chi connectivity index (χ1n) is 9.47. The zero-order valence-electron chi connectivity index (χ0n) is 16.8. The zero-order chi connectivity index (χ0) is 21.2. The first-order valence-corrected chi connectivity index (χ1v) is 9.47. The Balaban J connectivity index is 1.77. The Labute approximate surface area is 167 Å². The van der Waals surface area contributed by atoms with Crippen LogP contribution in [-0.2, 0) is 0 Å². The number of rotatable bonds is 7. The summed E-state index contributed by atoms with van der Waals surface area (Å²) in [5.74, 6) is 1.98. The maximum Gasteiger partial charge on any atom is 0.401 e. The Morgan fingerprint density at radius 1 is 1.21 bits per heavy atom. The number of hydrogen-bond donors (Lipinski definition) is 1. The van der Waals surface area contributed by atoms with Crippen LogP contribution < -0.4 is 20.1 Å². The minimum absolute atomic E-state index is 0.114. The Bertz CT molecular complexity index is 862. The van der Waals surface area contributed by atoms with E-state index in [1.54, 1.807) is 26.2 Å². The van der Waals surface area contributed by atoms with Crippen LogP contribution in [0.4, 0.5) is 24.9 Å². The van der Waals surface area contributed by atoms with Gasteiger partial charge in [0.05, 0.1) is 26.3 Å². The van der Waals surface area contributed by atoms with E-state index < -0.39 is 12.7 Å². The summed E-state index contributed by atoms with van der Waals surface area (Å²) >= 11 is 0. The Kier molecular flexibility index (Phi) is 6.21. The van der Waals surface area contributed by atoms with Crippen molar-refractivity contribution >= 4 is 22.7 Å². The lowest BCUT2D eigenvalue weighted by atomic mass is 10.1. The predicted molar refractivity (Wildman–Crippen MR) is 106 cm³/mol. The summed E-state index contributed by atoms with van der Waals surface area (Å²) in [6.45, 7) is 2.87. The summed E-state index contributed by atoms with van der Waals surface area (Å²) in [7, 11) is 3.08. The molecule has 160 valence electrons. The fraction of sp³-hybridized carbons (Fsp3) is 0.579. The van der Waals surface area contributed by atoms with Crippen molar-refractivity contribution in [2.45, 2.75) is 19.5 Å². The number of fused-ring (bicyclic) bond motifs is 1. The fourth-order valence-corrected chi connectivity index (χ4v) is 3.70. The van der Waals surface area contributed by atoms with Crippen LogP contribution in [0.3, 0.4) is 0 Å². The Hall–Kier alpha value is -2.49. The normalized spacial score (nSPS) is 17.3. The van der Waals surface area contributed by atoms with E-state index in [-0.39, 0.29) is 5.92 Å². The van der Waals surface area contributed by atoms with Crippen molar-refractivity contribution in [3.63, 3.8) is 0 Å². The van der Waals surface area contributed by atoms with Crippen molar-refractivity contribution in [3.05, 3.63) is 12.1 Å². The third-order valence-corrected chi connectivity index (χ3v) is 5.15. The standard InChI is InChI=1S/C19H26F3N5O2/c1-4-26(11-19(20,21)22)9-12-5-6-27(10-12)18-24-14-8-16(29-3)15(28-2)7-13(14)17(23)25-18/h7-8,12H,4-6,9-11H2,1-3H3,(H2,23,24,25). The molecule has 1 unspecified atom stereocenters. The largest absolute Gasteiger partial charge is 0.493 e. The van der Waals surface area contributed by atoms with Crippen LogP contribution in [-0.4, -0.2) is 68.0 Å². The molecule has 2 aromatic rings. The molecule has 1 atom stereocenters. The van der Waals surface area contributed by atoms with E-state index in [0.717, 1.165) is 6.42 Å². The Morgan fingerprint density at radius 3 is 2.52 bits per heavy atom. The third-order valence-electron chi connectivity index (χ3n) is 5.15. The van der Waals surface area contributed by atoms with Crippen molar-refractivity contribution in [2.75, 3.05) is 57.6 Å². The van der Waals surface area contributed by atoms with Gasteiger partial charge in [-0.25, -0.2) is 4.98 Å². The summed E-state index contributed by atoms with van der Waals surface area (Å²) in [6.07, 6.45) is -3.41. The van der Waals surface area contributed by atoms with Crippen molar-refractivity contribution in [3.8, 4) is 11.5 Å². The van der Waals surface area contributed by atoms with E-state index in [4.69, 9.17) is 15.2 Å². The van der Waals surface area contributed by atoms with Gasteiger partial charge in [-0.15, -0.1) is 0 Å². The number of methoxy groups -OCH3 is 2. The monoisotopic (exact) mass is 413 g/mol. The molecule has 0 radical (unpaired) electrons. The lowest BCUT2D eigenvalue weighted by Gasteiger charge is -2.25. The van der Waals surface area contributed by atoms with Crippen LogP contribution in [0, 0.1) is 5.92 Å². The summed E-state index contributed by atoms with van der Waals surface area (Å²) in [5.41, 5.74) is 6.76. The molecule has 0 bridgehead atoms. The summed E-state index contributed by atoms with van der Waals surface area (Å²) in [5, 5.41) is 0.657. The van der Waals surface area contributed by atoms with Gasteiger partial charge in [0.15, 0.2) is 11.5 Å². The molecule has 0 spiro atoms. The molecule has 1 saturated heterocycles. The van der Waals surface area contributed by atoms with Crippen molar-refractivity contribution in [1.29, 1.82) is 0 Å². The molecular formula is C19H26F3N5O2. The minimum atomic E-state index is -4.19. The van der Waals surface area contributed by atoms with E-state index in [2.05, 4.69) is 9.97 Å². The van der Waals surface area contributed by atoms with Gasteiger partial charge in [-0.1, -0.05) is 6.92 Å². The number of nitrogen functional groups attached to an aromatic ring is 1. The molecule has 7 nitrogen and oxygen atoms in total. The molecule has 1 fully saturated rings. The van der Waals surface area contributed by atoms with E-state index in [1.807, 2.05) is 4.90 Å². The van der Waals surface area contributed by atoms with Crippen LogP contribution in [0.15, 0.2) is 12.1 Å². The number of hydrogen-bond acceptors (Lipinski definition) is 7.